The Bertz CT molecular complexity index is 591. The number of rotatable bonds is 3. The predicted molar refractivity (Wildman–Crippen MR) is 61.4 cm³/mol. The van der Waals surface area contributed by atoms with Gasteiger partial charge < -0.3 is 10.5 Å². The minimum Gasteiger partial charge on any atom is -0.361 e. The molecule has 1 aromatic heterocycles. The van der Waals surface area contributed by atoms with E-state index >= 15 is 0 Å². The van der Waals surface area contributed by atoms with Crippen LogP contribution in [0.5, 0.6) is 0 Å². The summed E-state index contributed by atoms with van der Waals surface area (Å²) in [4.78, 5) is 17.3. The lowest BCUT2D eigenvalue weighted by atomic mass is 10.1. The maximum Gasteiger partial charge on any atom is 0.323 e. The number of carbonyl (C=O) groups is 1. The lowest BCUT2D eigenvalue weighted by Gasteiger charge is -1.95. The fourth-order valence-electron chi connectivity index (χ4n) is 1.85. The molecule has 0 amide bonds. The number of fused-ring (bicyclic) bond motifs is 1. The van der Waals surface area contributed by atoms with Crippen LogP contribution in [0.3, 0.4) is 0 Å². The zero-order valence-corrected chi connectivity index (χ0v) is 8.90. The standard InChI is InChI=1S/C12H11N3O/c1-8-11(6-9(16)7-14-13)10-4-2-3-5-12(10)15-8/h2-5,7,15H,6H2,1H3. The van der Waals surface area contributed by atoms with Gasteiger partial charge in [-0.05, 0) is 18.6 Å². The lowest BCUT2D eigenvalue weighted by molar-refractivity contribution is -0.115. The number of Topliss-reactive ketones (excluding diaryl/α,β-unsaturated/α-hetero) is 1. The highest BCUT2D eigenvalue weighted by Crippen LogP contribution is 2.22. The molecular formula is C12H11N3O. The zero-order valence-electron chi connectivity index (χ0n) is 8.90. The number of hydrogen-bond donors (Lipinski definition) is 1. The van der Waals surface area contributed by atoms with Crippen molar-refractivity contribution in [1.82, 2.24) is 4.98 Å². The molecule has 0 bridgehead atoms. The Morgan fingerprint density at radius 2 is 2.25 bits per heavy atom. The maximum absolute atomic E-state index is 11.4. The van der Waals surface area contributed by atoms with Gasteiger partial charge in [0.05, 0.1) is 0 Å². The van der Waals surface area contributed by atoms with Gasteiger partial charge in [0.15, 0.2) is 0 Å². The molecule has 0 spiro atoms. The fourth-order valence-corrected chi connectivity index (χ4v) is 1.85. The molecule has 0 saturated heterocycles. The van der Waals surface area contributed by atoms with Crippen molar-refractivity contribution >= 4 is 22.9 Å². The number of nitrogens with one attached hydrogen (secondary N) is 1. The van der Waals surface area contributed by atoms with E-state index < -0.39 is 0 Å². The summed E-state index contributed by atoms with van der Waals surface area (Å²) >= 11 is 0. The molecule has 1 aromatic carbocycles. The molecule has 0 fully saturated rings. The van der Waals surface area contributed by atoms with Crippen LogP contribution in [-0.2, 0) is 11.2 Å². The normalized spacial score (nSPS) is 10.1. The summed E-state index contributed by atoms with van der Waals surface area (Å²) in [5.74, 6) is -0.213. The minimum atomic E-state index is -0.213. The van der Waals surface area contributed by atoms with Crippen LogP contribution >= 0.6 is 0 Å². The van der Waals surface area contributed by atoms with Crippen molar-refractivity contribution in [1.29, 1.82) is 0 Å². The SMILES string of the molecule is Cc1[nH]c2ccccc2c1CC(=O)C=[N+]=[N-]. The molecule has 0 aliphatic carbocycles. The van der Waals surface area contributed by atoms with Gasteiger partial charge in [-0.15, -0.1) is 0 Å². The number of aromatic nitrogens is 1. The number of ketones is 1. The van der Waals surface area contributed by atoms with Crippen LogP contribution in [0.15, 0.2) is 24.3 Å². The Labute approximate surface area is 92.5 Å². The number of aryl methyl sites for hydroxylation is 1. The van der Waals surface area contributed by atoms with Crippen molar-refractivity contribution in [2.45, 2.75) is 13.3 Å². The molecule has 2 aromatic rings. The van der Waals surface area contributed by atoms with Crippen molar-refractivity contribution in [3.63, 3.8) is 0 Å². The Kier molecular flexibility index (Phi) is 2.66. The van der Waals surface area contributed by atoms with Crippen LogP contribution in [0.4, 0.5) is 0 Å². The second-order valence-electron chi connectivity index (χ2n) is 3.66. The summed E-state index contributed by atoms with van der Waals surface area (Å²) in [6.45, 7) is 1.93. The van der Waals surface area contributed by atoms with Crippen molar-refractivity contribution < 1.29 is 9.58 Å². The van der Waals surface area contributed by atoms with Crippen molar-refractivity contribution in [2.75, 3.05) is 0 Å². The molecule has 0 aliphatic heterocycles. The second kappa shape index (κ2) is 4.13. The van der Waals surface area contributed by atoms with E-state index in [0.717, 1.165) is 28.4 Å². The number of benzene rings is 1. The third kappa shape index (κ3) is 1.78. The van der Waals surface area contributed by atoms with E-state index in [0.29, 0.717) is 0 Å². The summed E-state index contributed by atoms with van der Waals surface area (Å²) in [6, 6.07) is 7.82. The summed E-state index contributed by atoms with van der Waals surface area (Å²) in [6.07, 6.45) is 1.18. The summed E-state index contributed by atoms with van der Waals surface area (Å²) in [5.41, 5.74) is 11.2. The van der Waals surface area contributed by atoms with Gasteiger partial charge in [-0.25, -0.2) is 0 Å². The van der Waals surface area contributed by atoms with Gasteiger partial charge in [0, 0.05) is 23.0 Å². The van der Waals surface area contributed by atoms with E-state index in [1.165, 1.54) is 0 Å². The number of carbonyl (C=O) groups excluding carboxylic acids is 1. The highest BCUT2D eigenvalue weighted by Gasteiger charge is 2.12. The van der Waals surface area contributed by atoms with E-state index in [4.69, 9.17) is 5.53 Å². The van der Waals surface area contributed by atoms with Gasteiger partial charge in [0.25, 0.3) is 0 Å². The first-order valence-corrected chi connectivity index (χ1v) is 4.99. The van der Waals surface area contributed by atoms with Gasteiger partial charge in [0.1, 0.15) is 0 Å². The van der Waals surface area contributed by atoms with Crippen LogP contribution < -0.4 is 0 Å². The molecule has 2 rings (SSSR count). The molecule has 1 N–H and O–H groups in total. The molecule has 0 aliphatic rings. The Morgan fingerprint density at radius 3 is 3.00 bits per heavy atom. The second-order valence-corrected chi connectivity index (χ2v) is 3.66. The van der Waals surface area contributed by atoms with E-state index in [1.54, 1.807) is 0 Å². The Hall–Kier alpha value is -2.19. The summed E-state index contributed by atoms with van der Waals surface area (Å²) < 4.78 is 0. The number of hydrogen-bond acceptors (Lipinski definition) is 1. The van der Waals surface area contributed by atoms with Crippen molar-refractivity contribution in [3.05, 3.63) is 41.1 Å². The molecule has 0 saturated carbocycles. The molecule has 0 unspecified atom stereocenters. The smallest absolute Gasteiger partial charge is 0.323 e. The van der Waals surface area contributed by atoms with Crippen LogP contribution in [0.2, 0.25) is 0 Å². The van der Waals surface area contributed by atoms with Gasteiger partial charge >= 0.3 is 6.21 Å². The van der Waals surface area contributed by atoms with Gasteiger partial charge in [-0.2, -0.15) is 4.79 Å². The van der Waals surface area contributed by atoms with Crippen molar-refractivity contribution in [2.24, 2.45) is 0 Å². The van der Waals surface area contributed by atoms with E-state index in [9.17, 15) is 4.79 Å². The molecule has 4 heteroatoms. The van der Waals surface area contributed by atoms with E-state index in [2.05, 4.69) is 9.77 Å². The molecule has 4 nitrogen and oxygen atoms in total. The van der Waals surface area contributed by atoms with Gasteiger partial charge in [0.2, 0.25) is 5.78 Å². The van der Waals surface area contributed by atoms with Gasteiger partial charge in [-0.3, -0.25) is 4.79 Å². The largest absolute Gasteiger partial charge is 0.361 e. The number of H-pyrrole nitrogens is 1. The minimum absolute atomic E-state index is 0.213. The highest BCUT2D eigenvalue weighted by molar-refractivity contribution is 6.26. The van der Waals surface area contributed by atoms with Crippen LogP contribution in [0, 0.1) is 6.92 Å². The Balaban J connectivity index is 2.47. The lowest BCUT2D eigenvalue weighted by Crippen LogP contribution is -2.04. The topological polar surface area (TPSA) is 69.3 Å². The predicted octanol–water partition coefficient (Wildman–Crippen LogP) is 1.89. The van der Waals surface area contributed by atoms with Crippen LogP contribution in [-0.4, -0.2) is 21.8 Å². The fraction of sp³-hybridized carbons (Fsp3) is 0.167. The molecule has 0 radical (unpaired) electrons. The quantitative estimate of drug-likeness (QED) is 0.472. The van der Waals surface area contributed by atoms with Crippen LogP contribution in [0.1, 0.15) is 11.3 Å². The third-order valence-electron chi connectivity index (χ3n) is 2.58. The maximum atomic E-state index is 11.4. The van der Waals surface area contributed by atoms with E-state index in [-0.39, 0.29) is 12.2 Å². The summed E-state index contributed by atoms with van der Waals surface area (Å²) in [5, 5.41) is 1.04. The number of nitrogens with zero attached hydrogens (tertiary/aromatic N) is 2. The number of para-hydroxylation sites is 1. The zero-order chi connectivity index (χ0) is 11.5. The molecule has 16 heavy (non-hydrogen) atoms. The first-order chi connectivity index (χ1) is 7.72. The average molecular weight is 213 g/mol. The van der Waals surface area contributed by atoms with E-state index in [1.807, 2.05) is 31.2 Å². The Morgan fingerprint density at radius 1 is 1.50 bits per heavy atom. The highest BCUT2D eigenvalue weighted by atomic mass is 16.1. The number of aromatic amines is 1. The third-order valence-corrected chi connectivity index (χ3v) is 2.58. The molecular weight excluding hydrogens is 202 g/mol. The van der Waals surface area contributed by atoms with Crippen molar-refractivity contribution in [3.8, 4) is 0 Å². The molecule has 0 atom stereocenters. The monoisotopic (exact) mass is 213 g/mol. The molecule has 80 valence electrons. The molecule has 1 heterocycles. The van der Waals surface area contributed by atoms with Gasteiger partial charge in [-0.1, -0.05) is 18.2 Å². The first-order valence-electron chi connectivity index (χ1n) is 4.99. The summed E-state index contributed by atoms with van der Waals surface area (Å²) in [7, 11) is 0. The average Bonchev–Trinajstić information content (AvgIpc) is 2.56. The first kappa shape index (κ1) is 10.3. The van der Waals surface area contributed by atoms with Crippen LogP contribution in [0.25, 0.3) is 16.4 Å².